The van der Waals surface area contributed by atoms with Gasteiger partial charge in [0.2, 0.25) is 0 Å². The van der Waals surface area contributed by atoms with Gasteiger partial charge in [-0.3, -0.25) is 9.69 Å². The number of carbonyl (C=O) groups excluding carboxylic acids is 1. The Labute approximate surface area is 164 Å². The first-order valence-corrected chi connectivity index (χ1v) is 9.06. The van der Waals surface area contributed by atoms with E-state index < -0.39 is 6.04 Å². The minimum atomic E-state index is -0.644. The van der Waals surface area contributed by atoms with E-state index in [9.17, 15) is 9.18 Å². The van der Waals surface area contributed by atoms with Gasteiger partial charge in [0, 0.05) is 31.0 Å². The lowest BCUT2D eigenvalue weighted by atomic mass is 9.93. The monoisotopic (exact) mass is 383 g/mol. The Bertz CT molecular complexity index is 939. The van der Waals surface area contributed by atoms with Crippen molar-refractivity contribution in [3.63, 3.8) is 0 Å². The summed E-state index contributed by atoms with van der Waals surface area (Å²) < 4.78 is 14.5. The number of anilines is 1. The van der Waals surface area contributed by atoms with Crippen LogP contribution in [0, 0.1) is 12.7 Å². The topological polar surface area (TPSA) is 35.6 Å². The minimum absolute atomic E-state index is 0.187. The Morgan fingerprint density at radius 3 is 2.48 bits per heavy atom. The van der Waals surface area contributed by atoms with Gasteiger partial charge < -0.3 is 10.2 Å². The summed E-state index contributed by atoms with van der Waals surface area (Å²) in [7, 11) is 3.37. The highest BCUT2D eigenvalue weighted by atomic mass is 32.1. The summed E-state index contributed by atoms with van der Waals surface area (Å²) >= 11 is 5.59. The first-order chi connectivity index (χ1) is 12.8. The van der Waals surface area contributed by atoms with Crippen molar-refractivity contribution in [2.24, 2.45) is 0 Å². The van der Waals surface area contributed by atoms with Crippen LogP contribution in [0.1, 0.15) is 24.1 Å². The molecule has 0 saturated carbocycles. The van der Waals surface area contributed by atoms with Gasteiger partial charge in [-0.05, 0) is 49.8 Å². The molecule has 1 heterocycles. The molecule has 0 fully saturated rings. The number of carbonyl (C=O) groups is 1. The number of hydrogen-bond donors (Lipinski definition) is 1. The molecule has 0 saturated heterocycles. The van der Waals surface area contributed by atoms with Gasteiger partial charge in [-0.25, -0.2) is 4.39 Å². The second-order valence-corrected chi connectivity index (χ2v) is 7.16. The summed E-state index contributed by atoms with van der Waals surface area (Å²) in [5, 5.41) is 3.60. The number of thiocarbonyl (C=S) groups is 1. The summed E-state index contributed by atoms with van der Waals surface area (Å²) in [5.74, 6) is -0.563. The molecule has 1 unspecified atom stereocenters. The lowest BCUT2D eigenvalue weighted by Crippen LogP contribution is -2.49. The lowest BCUT2D eigenvalue weighted by Gasteiger charge is -2.38. The molecule has 1 aliphatic rings. The number of amides is 1. The lowest BCUT2D eigenvalue weighted by molar-refractivity contribution is -0.125. The Balaban J connectivity index is 2.20. The van der Waals surface area contributed by atoms with E-state index in [2.05, 4.69) is 5.32 Å². The summed E-state index contributed by atoms with van der Waals surface area (Å²) in [6.45, 7) is 3.84. The maximum absolute atomic E-state index is 14.5. The third-order valence-electron chi connectivity index (χ3n) is 4.60. The Morgan fingerprint density at radius 1 is 1.15 bits per heavy atom. The van der Waals surface area contributed by atoms with E-state index in [1.807, 2.05) is 43.0 Å². The van der Waals surface area contributed by atoms with Crippen LogP contribution in [0.2, 0.25) is 0 Å². The summed E-state index contributed by atoms with van der Waals surface area (Å²) in [6.07, 6.45) is 0. The number of benzene rings is 2. The molecular formula is C21H22FN3OS. The van der Waals surface area contributed by atoms with Gasteiger partial charge in [0.05, 0.1) is 11.6 Å². The summed E-state index contributed by atoms with van der Waals surface area (Å²) in [5.41, 5.74) is 3.51. The standard InChI is InChI=1S/C21H22FN3OS/c1-13-8-7-9-15(12-13)25-14(2)18(20(26)24(3)4)19(23-21(25)27)16-10-5-6-11-17(16)22/h5-12,19H,1-4H3,(H,23,27). The maximum atomic E-state index is 14.5. The van der Waals surface area contributed by atoms with Crippen molar-refractivity contribution in [2.45, 2.75) is 19.9 Å². The van der Waals surface area contributed by atoms with Gasteiger partial charge in [-0.2, -0.15) is 0 Å². The zero-order chi connectivity index (χ0) is 19.7. The fourth-order valence-electron chi connectivity index (χ4n) is 3.28. The van der Waals surface area contributed by atoms with Crippen LogP contribution in [0.15, 0.2) is 59.8 Å². The largest absolute Gasteiger partial charge is 0.351 e. The van der Waals surface area contributed by atoms with Gasteiger partial charge in [0.25, 0.3) is 5.91 Å². The highest BCUT2D eigenvalue weighted by Crippen LogP contribution is 2.35. The molecular weight excluding hydrogens is 361 g/mol. The molecule has 6 heteroatoms. The van der Waals surface area contributed by atoms with Crippen LogP contribution in [0.25, 0.3) is 0 Å². The second kappa shape index (κ2) is 7.48. The van der Waals surface area contributed by atoms with E-state index in [-0.39, 0.29) is 11.7 Å². The van der Waals surface area contributed by atoms with Crippen LogP contribution in [0.3, 0.4) is 0 Å². The van der Waals surface area contributed by atoms with Crippen LogP contribution in [0.5, 0.6) is 0 Å². The van der Waals surface area contributed by atoms with E-state index in [0.717, 1.165) is 11.3 Å². The van der Waals surface area contributed by atoms with Crippen LogP contribution in [-0.4, -0.2) is 30.0 Å². The second-order valence-electron chi connectivity index (χ2n) is 6.78. The average Bonchev–Trinajstić information content (AvgIpc) is 2.61. The van der Waals surface area contributed by atoms with E-state index in [0.29, 0.717) is 21.9 Å². The number of aryl methyl sites for hydroxylation is 1. The van der Waals surface area contributed by atoms with Gasteiger partial charge in [0.1, 0.15) is 5.82 Å². The van der Waals surface area contributed by atoms with E-state index >= 15 is 0 Å². The quantitative estimate of drug-likeness (QED) is 0.815. The molecule has 1 atom stereocenters. The molecule has 4 nitrogen and oxygen atoms in total. The summed E-state index contributed by atoms with van der Waals surface area (Å²) in [6, 6.07) is 13.7. The molecule has 0 aliphatic carbocycles. The van der Waals surface area contributed by atoms with Crippen molar-refractivity contribution in [1.29, 1.82) is 0 Å². The number of nitrogens with one attached hydrogen (secondary N) is 1. The third kappa shape index (κ3) is 3.57. The van der Waals surface area contributed by atoms with Crippen LogP contribution < -0.4 is 10.2 Å². The van der Waals surface area contributed by atoms with E-state index in [1.165, 1.54) is 11.0 Å². The zero-order valence-electron chi connectivity index (χ0n) is 15.8. The van der Waals surface area contributed by atoms with Crippen molar-refractivity contribution in [3.8, 4) is 0 Å². The van der Waals surface area contributed by atoms with Crippen molar-refractivity contribution in [3.05, 3.63) is 76.7 Å². The Kier molecular flexibility index (Phi) is 5.28. The van der Waals surface area contributed by atoms with Gasteiger partial charge in [0.15, 0.2) is 5.11 Å². The molecule has 3 rings (SSSR count). The van der Waals surface area contributed by atoms with Crippen molar-refractivity contribution >= 4 is 28.9 Å². The maximum Gasteiger partial charge on any atom is 0.253 e. The molecule has 0 bridgehead atoms. The molecule has 140 valence electrons. The fourth-order valence-corrected chi connectivity index (χ4v) is 3.64. The SMILES string of the molecule is CC1=C(C(=O)N(C)C)C(c2ccccc2F)NC(=S)N1c1cccc(C)c1. The van der Waals surface area contributed by atoms with Crippen molar-refractivity contribution in [1.82, 2.24) is 10.2 Å². The molecule has 0 radical (unpaired) electrons. The molecule has 1 amide bonds. The molecule has 2 aromatic carbocycles. The van der Waals surface area contributed by atoms with E-state index in [1.54, 1.807) is 32.3 Å². The molecule has 27 heavy (non-hydrogen) atoms. The minimum Gasteiger partial charge on any atom is -0.351 e. The molecule has 1 aliphatic heterocycles. The van der Waals surface area contributed by atoms with Crippen molar-refractivity contribution in [2.75, 3.05) is 19.0 Å². The number of likely N-dealkylation sites (N-methyl/N-ethyl adjacent to an activating group) is 1. The van der Waals surface area contributed by atoms with Crippen LogP contribution >= 0.6 is 12.2 Å². The van der Waals surface area contributed by atoms with Crippen LogP contribution in [-0.2, 0) is 4.79 Å². The van der Waals surface area contributed by atoms with Crippen LogP contribution in [0.4, 0.5) is 10.1 Å². The number of rotatable bonds is 3. The highest BCUT2D eigenvalue weighted by molar-refractivity contribution is 7.80. The van der Waals surface area contributed by atoms with Gasteiger partial charge in [-0.15, -0.1) is 0 Å². The molecule has 1 N–H and O–H groups in total. The predicted octanol–water partition coefficient (Wildman–Crippen LogP) is 3.93. The number of halogens is 1. The Hall–Kier alpha value is -2.73. The Morgan fingerprint density at radius 2 is 1.85 bits per heavy atom. The molecule has 2 aromatic rings. The highest BCUT2D eigenvalue weighted by Gasteiger charge is 2.36. The first kappa shape index (κ1) is 19.0. The predicted molar refractivity (Wildman–Crippen MR) is 110 cm³/mol. The number of hydrogen-bond acceptors (Lipinski definition) is 2. The average molecular weight is 383 g/mol. The number of allylic oxidation sites excluding steroid dienone is 1. The number of nitrogens with zero attached hydrogens (tertiary/aromatic N) is 2. The zero-order valence-corrected chi connectivity index (χ0v) is 16.6. The first-order valence-electron chi connectivity index (χ1n) is 8.65. The normalized spacial score (nSPS) is 17.0. The molecule has 0 aromatic heterocycles. The molecule has 0 spiro atoms. The smallest absolute Gasteiger partial charge is 0.253 e. The van der Waals surface area contributed by atoms with Gasteiger partial charge >= 0.3 is 0 Å². The fraction of sp³-hybridized carbons (Fsp3) is 0.238. The van der Waals surface area contributed by atoms with Crippen molar-refractivity contribution < 1.29 is 9.18 Å². The van der Waals surface area contributed by atoms with Gasteiger partial charge in [-0.1, -0.05) is 30.3 Å². The third-order valence-corrected chi connectivity index (χ3v) is 4.90. The van der Waals surface area contributed by atoms with E-state index in [4.69, 9.17) is 12.2 Å². The summed E-state index contributed by atoms with van der Waals surface area (Å²) in [4.78, 5) is 16.3.